The molecule has 6 rings (SSSR count). The number of unbranched alkanes of at least 4 members (excludes halogenated alkanes) is 1. The molecule has 0 spiro atoms. The quantitative estimate of drug-likeness (QED) is 0.0302. The van der Waals surface area contributed by atoms with Crippen molar-refractivity contribution >= 4 is 91.2 Å². The third-order valence-electron chi connectivity index (χ3n) is 14.0. The van der Waals surface area contributed by atoms with E-state index in [0.717, 1.165) is 38.1 Å². The second kappa shape index (κ2) is 35.2. The molecule has 5 aromatic rings. The van der Waals surface area contributed by atoms with E-state index in [0.29, 0.717) is 34.6 Å². The van der Waals surface area contributed by atoms with Crippen LogP contribution in [0, 0.1) is 0 Å². The number of amides is 7. The van der Waals surface area contributed by atoms with E-state index < -0.39 is 108 Å². The molecule has 0 radical (unpaired) electrons. The minimum Gasteiger partial charge on any atom is -0.394 e. The van der Waals surface area contributed by atoms with Crippen LogP contribution in [0.3, 0.4) is 0 Å². The first-order chi connectivity index (χ1) is 41.4. The summed E-state index contributed by atoms with van der Waals surface area (Å²) in [5, 5.41) is 54.3. The van der Waals surface area contributed by atoms with Crippen LogP contribution in [0.4, 0.5) is 0 Å². The first-order valence-corrected chi connectivity index (χ1v) is 31.7. The van der Waals surface area contributed by atoms with Crippen LogP contribution in [0.1, 0.15) is 87.9 Å². The topological polar surface area (TPSA) is 361 Å². The third-order valence-corrected chi connectivity index (χ3v) is 16.7. The molecule has 16 N–H and O–H groups in total. The van der Waals surface area contributed by atoms with Gasteiger partial charge in [-0.15, -0.1) is 0 Å². The van der Waals surface area contributed by atoms with Crippen molar-refractivity contribution in [3.05, 3.63) is 143 Å². The smallest absolute Gasteiger partial charge is 0.245 e. The Morgan fingerprint density at radius 3 is 1.93 bits per heavy atom. The zero-order chi connectivity index (χ0) is 63.8. The molecule has 25 heteroatoms. The fourth-order valence-electron chi connectivity index (χ4n) is 9.33. The van der Waals surface area contributed by atoms with Gasteiger partial charge in [-0.05, 0) is 109 Å². The van der Waals surface area contributed by atoms with E-state index in [1.165, 1.54) is 13.8 Å². The number of fused-ring (bicyclic) bond motifs is 1. The summed E-state index contributed by atoms with van der Waals surface area (Å²) in [5.74, 6) is -5.94. The lowest BCUT2D eigenvalue weighted by Gasteiger charge is -2.29. The van der Waals surface area contributed by atoms with Crippen molar-refractivity contribution < 1.29 is 53.7 Å². The number of Topliss-reactive ketones (excluding diaryl/α,β-unsaturated/α-hetero) is 1. The number of nitrogens with two attached hydrogens (primary N) is 2. The Labute approximate surface area is 520 Å². The predicted octanol–water partition coefficient (Wildman–Crippen LogP) is 2.49. The Kier molecular flexibility index (Phi) is 28.7. The monoisotopic (exact) mass is 1260 g/mol. The average Bonchev–Trinajstić information content (AvgIpc) is 2.35. The number of para-hydroxylation sites is 1. The number of aromatic nitrogens is 1. The molecule has 1 saturated heterocycles. The first-order valence-electron chi connectivity index (χ1n) is 28.9. The van der Waals surface area contributed by atoms with Gasteiger partial charge in [-0.25, -0.2) is 0 Å². The molecule has 2 unspecified atom stereocenters. The number of rotatable bonds is 20. The van der Waals surface area contributed by atoms with Crippen molar-refractivity contribution in [3.8, 4) is 0 Å². The number of H-pyrrole nitrogens is 1. The highest BCUT2D eigenvalue weighted by Gasteiger charge is 2.37. The molecular formula is C62H84ClN11O11S2. The normalized spacial score (nSPS) is 21.1. The van der Waals surface area contributed by atoms with Gasteiger partial charge in [0.05, 0.1) is 36.9 Å². The lowest BCUT2D eigenvalue weighted by atomic mass is 10.0. The van der Waals surface area contributed by atoms with Crippen LogP contribution >= 0.6 is 33.2 Å². The molecule has 1 aliphatic heterocycles. The van der Waals surface area contributed by atoms with Gasteiger partial charge in [0.15, 0.2) is 5.78 Å². The van der Waals surface area contributed by atoms with Crippen LogP contribution in [0.25, 0.3) is 10.9 Å². The Morgan fingerprint density at radius 1 is 0.713 bits per heavy atom. The summed E-state index contributed by atoms with van der Waals surface area (Å²) in [6.45, 7) is 10.2. The van der Waals surface area contributed by atoms with Crippen molar-refractivity contribution in [3.63, 3.8) is 0 Å². The van der Waals surface area contributed by atoms with Gasteiger partial charge in [0.2, 0.25) is 41.4 Å². The number of aromatic amines is 1. The fourth-order valence-corrected chi connectivity index (χ4v) is 11.9. The number of benzene rings is 4. The maximum Gasteiger partial charge on any atom is 0.245 e. The maximum absolute atomic E-state index is 14.7. The number of halogens is 1. The van der Waals surface area contributed by atoms with Gasteiger partial charge in [-0.3, -0.25) is 38.4 Å². The predicted molar refractivity (Wildman–Crippen MR) is 340 cm³/mol. The molecule has 0 bridgehead atoms. The Hall–Kier alpha value is -6.87. The third kappa shape index (κ3) is 23.3. The number of ketones is 1. The van der Waals surface area contributed by atoms with E-state index in [-0.39, 0.29) is 61.1 Å². The van der Waals surface area contributed by atoms with E-state index in [4.69, 9.17) is 23.1 Å². The average molecular weight is 1260 g/mol. The van der Waals surface area contributed by atoms with Crippen LogP contribution in [0.2, 0.25) is 5.02 Å². The highest BCUT2D eigenvalue weighted by atomic mass is 35.5. The van der Waals surface area contributed by atoms with Crippen molar-refractivity contribution in [1.82, 2.24) is 47.5 Å². The summed E-state index contributed by atoms with van der Waals surface area (Å²) in [5.41, 5.74) is 15.6. The Morgan fingerprint density at radius 2 is 1.31 bits per heavy atom. The van der Waals surface area contributed by atoms with Crippen molar-refractivity contribution in [1.29, 1.82) is 0 Å². The summed E-state index contributed by atoms with van der Waals surface area (Å²) in [6, 6.07) is 21.4. The molecule has 87 heavy (non-hydrogen) atoms. The van der Waals surface area contributed by atoms with Gasteiger partial charge in [-0.2, -0.15) is 0 Å². The number of aliphatic hydroxyl groups excluding tert-OH is 3. The molecule has 22 nitrogen and oxygen atoms in total. The Bertz CT molecular complexity index is 3060. The van der Waals surface area contributed by atoms with Crippen LogP contribution in [0.5, 0.6) is 0 Å². The molecule has 0 aliphatic carbocycles. The molecule has 0 saturated carbocycles. The lowest BCUT2D eigenvalue weighted by Crippen LogP contribution is -2.62. The SMILES string of the molecule is CC(NC(C)(C)C)C(=O)c1cccc(Cl)c1.CC(O)[C@@H]1NC(=O)[C@H](CCCCN)NC(=O)[C@@H](Cc2c[nH]c3ccccc23)NC(=O)[C@H](Cc2ccccc2)NC(=O)[C@@H](NC(=O)[C@H](N)Cc2ccccc2)CSSC[C@@H](C(=O)N[C@H](CO)[C@@H](C)O)NC1=O. The molecule has 11 atom stereocenters. The van der Waals surface area contributed by atoms with Gasteiger partial charge < -0.3 is 74.3 Å². The minimum absolute atomic E-state index is 0.0340. The van der Waals surface area contributed by atoms with Crippen LogP contribution in [-0.2, 0) is 52.8 Å². The summed E-state index contributed by atoms with van der Waals surface area (Å²) in [7, 11) is 2.06. The van der Waals surface area contributed by atoms with Gasteiger partial charge in [-0.1, -0.05) is 124 Å². The minimum atomic E-state index is -1.66. The van der Waals surface area contributed by atoms with E-state index in [1.54, 1.807) is 85.1 Å². The second-order valence-corrected chi connectivity index (χ2v) is 25.5. The number of nitrogens with one attached hydrogen (secondary N) is 9. The molecule has 1 fully saturated rings. The zero-order valence-corrected chi connectivity index (χ0v) is 52.2. The lowest BCUT2D eigenvalue weighted by molar-refractivity contribution is -0.136. The Balaban J connectivity index is 0.000000745. The van der Waals surface area contributed by atoms with Crippen LogP contribution in [-0.4, -0.2) is 164 Å². The van der Waals surface area contributed by atoms with Gasteiger partial charge in [0, 0.05) is 57.6 Å². The summed E-state index contributed by atoms with van der Waals surface area (Å²) >= 11 is 5.85. The molecule has 472 valence electrons. The van der Waals surface area contributed by atoms with Crippen LogP contribution in [0.15, 0.2) is 115 Å². The number of hydrogen-bond donors (Lipinski definition) is 14. The fraction of sp³-hybridized carbons (Fsp3) is 0.452. The summed E-state index contributed by atoms with van der Waals surface area (Å²) in [4.78, 5) is 115. The van der Waals surface area contributed by atoms with E-state index in [2.05, 4.69) is 47.5 Å². The van der Waals surface area contributed by atoms with E-state index in [1.807, 2.05) is 58.0 Å². The largest absolute Gasteiger partial charge is 0.394 e. The summed E-state index contributed by atoms with van der Waals surface area (Å²) in [6.07, 6.45) is -0.156. The molecule has 2 heterocycles. The van der Waals surface area contributed by atoms with Crippen molar-refractivity contribution in [2.75, 3.05) is 24.7 Å². The highest BCUT2D eigenvalue weighted by Crippen LogP contribution is 2.25. The molecule has 4 aromatic carbocycles. The van der Waals surface area contributed by atoms with Gasteiger partial charge in [0.25, 0.3) is 0 Å². The standard InChI is InChI=1S/C49H66N10O10S2.C13H18ClNO/c1-28(61)39(25-60)56-48(68)41-27-71-70-26-40(57-43(63)34(51)21-30-13-5-3-6-14-30)47(67)54-37(22-31-15-7-4-8-16-31)45(65)55-38(23-32-24-52-35-18-10-9-17-33(32)35)46(66)53-36(19-11-12-20-50)44(64)59-42(29(2)62)49(69)58-41;1-9(15-13(2,3)4)12(16)10-6-5-7-11(14)8-10/h3-10,13-18,24,28-29,34,36-42,52,60-62H,11-12,19-23,25-27,50-51H2,1-2H3,(H,53,66)(H,54,67)(H,55,65)(H,56,68)(H,57,63)(H,58,69)(H,59,64);5-9,15H,1-4H3/t28-,29?,34-,36+,37+,38-,39-,40+,41+,42+;/m1./s1. The maximum atomic E-state index is 14.7. The highest BCUT2D eigenvalue weighted by molar-refractivity contribution is 8.76. The van der Waals surface area contributed by atoms with Crippen molar-refractivity contribution in [2.24, 2.45) is 11.5 Å². The van der Waals surface area contributed by atoms with Gasteiger partial charge in [0.1, 0.15) is 36.3 Å². The van der Waals surface area contributed by atoms with Crippen LogP contribution < -0.4 is 54.0 Å². The van der Waals surface area contributed by atoms with Gasteiger partial charge >= 0.3 is 0 Å². The van der Waals surface area contributed by atoms with E-state index in [9.17, 15) is 53.7 Å². The van der Waals surface area contributed by atoms with Crippen molar-refractivity contribution in [2.45, 2.75) is 152 Å². The number of hydrogen-bond acceptors (Lipinski definition) is 16. The second-order valence-electron chi connectivity index (χ2n) is 22.5. The first kappa shape index (κ1) is 70.9. The number of aliphatic hydroxyl groups is 3. The number of carbonyl (C=O) groups excluding carboxylic acids is 8. The zero-order valence-electron chi connectivity index (χ0n) is 49.8. The number of carbonyl (C=O) groups is 8. The molecular weight excluding hydrogens is 1170 g/mol. The molecule has 1 aliphatic rings. The molecule has 7 amide bonds. The summed E-state index contributed by atoms with van der Waals surface area (Å²) < 4.78 is 0. The van der Waals surface area contributed by atoms with E-state index >= 15 is 0 Å². The molecule has 1 aromatic heterocycles.